The Balaban J connectivity index is 3.01. The number of rotatable bonds is 1. The molecule has 59 valence electrons. The van der Waals surface area contributed by atoms with E-state index in [9.17, 15) is 10.1 Å². The highest BCUT2D eigenvalue weighted by molar-refractivity contribution is 5.29. The zero-order valence-electron chi connectivity index (χ0n) is 5.52. The summed E-state index contributed by atoms with van der Waals surface area (Å²) in [5.41, 5.74) is -0.370. The second kappa shape index (κ2) is 2.61. The van der Waals surface area contributed by atoms with E-state index in [2.05, 4.69) is 0 Å². The van der Waals surface area contributed by atoms with Gasteiger partial charge < -0.3 is 10.2 Å². The van der Waals surface area contributed by atoms with Gasteiger partial charge in [0.05, 0.1) is 4.92 Å². The zero-order chi connectivity index (χ0) is 8.43. The summed E-state index contributed by atoms with van der Waals surface area (Å²) in [6, 6.07) is 0. The molecule has 1 aliphatic carbocycles. The minimum absolute atomic E-state index is 0.0445. The first-order valence-electron chi connectivity index (χ1n) is 2.92. The first-order chi connectivity index (χ1) is 5.13. The normalized spacial score (nSPS) is 18.0. The van der Waals surface area contributed by atoms with Crippen LogP contribution in [0.3, 0.4) is 0 Å². The summed E-state index contributed by atoms with van der Waals surface area (Å²) in [5.74, 6) is -1.10. The minimum Gasteiger partial charge on any atom is -0.504 e. The van der Waals surface area contributed by atoms with Crippen LogP contribution in [0, 0.1) is 16.5 Å². The highest BCUT2D eigenvalue weighted by Crippen LogP contribution is 2.20. The minimum atomic E-state index is -0.713. The number of nitro groups is 1. The van der Waals surface area contributed by atoms with Crippen LogP contribution in [0.1, 0.15) is 6.42 Å². The van der Waals surface area contributed by atoms with Gasteiger partial charge in [-0.05, 0) is 12.5 Å². The van der Waals surface area contributed by atoms with Crippen LogP contribution in [0.25, 0.3) is 0 Å². The van der Waals surface area contributed by atoms with Gasteiger partial charge in [0.15, 0.2) is 5.76 Å². The van der Waals surface area contributed by atoms with Crippen LogP contribution < -0.4 is 0 Å². The Morgan fingerprint density at radius 2 is 2.18 bits per heavy atom. The molecular weight excluding hydrogens is 150 g/mol. The molecule has 0 unspecified atom stereocenters. The third kappa shape index (κ3) is 1.31. The quantitative estimate of drug-likeness (QED) is 0.439. The van der Waals surface area contributed by atoms with Crippen molar-refractivity contribution >= 4 is 0 Å². The molecule has 0 aromatic rings. The highest BCUT2D eigenvalue weighted by atomic mass is 16.6. The molecule has 1 rings (SSSR count). The first kappa shape index (κ1) is 7.59. The summed E-state index contributed by atoms with van der Waals surface area (Å²) in [7, 11) is 0. The van der Waals surface area contributed by atoms with E-state index in [1.54, 1.807) is 0 Å². The highest BCUT2D eigenvalue weighted by Gasteiger charge is 2.23. The van der Waals surface area contributed by atoms with Gasteiger partial charge in [0.1, 0.15) is 0 Å². The number of aliphatic hydroxyl groups is 2. The fourth-order valence-corrected chi connectivity index (χ4v) is 0.767. The van der Waals surface area contributed by atoms with Gasteiger partial charge in [0.2, 0.25) is 5.76 Å². The van der Waals surface area contributed by atoms with Gasteiger partial charge in [-0.25, -0.2) is 0 Å². The predicted molar refractivity (Wildman–Crippen MR) is 36.3 cm³/mol. The summed E-state index contributed by atoms with van der Waals surface area (Å²) in [5, 5.41) is 27.9. The Hall–Kier alpha value is -1.52. The molecular formula is C6H6NO4. The van der Waals surface area contributed by atoms with Gasteiger partial charge in [0.25, 0.3) is 5.70 Å². The molecule has 1 aliphatic rings. The Morgan fingerprint density at radius 3 is 2.64 bits per heavy atom. The monoisotopic (exact) mass is 156 g/mol. The van der Waals surface area contributed by atoms with E-state index in [1.807, 2.05) is 0 Å². The van der Waals surface area contributed by atoms with Crippen molar-refractivity contribution in [3.8, 4) is 0 Å². The average molecular weight is 156 g/mol. The molecule has 0 spiro atoms. The van der Waals surface area contributed by atoms with Crippen LogP contribution >= 0.6 is 0 Å². The molecule has 5 nitrogen and oxygen atoms in total. The lowest BCUT2D eigenvalue weighted by Gasteiger charge is -2.05. The molecule has 0 atom stereocenters. The summed E-state index contributed by atoms with van der Waals surface area (Å²) in [4.78, 5) is 9.43. The largest absolute Gasteiger partial charge is 0.504 e. The molecule has 0 bridgehead atoms. The third-order valence-corrected chi connectivity index (χ3v) is 1.32. The molecule has 2 N–H and O–H groups in total. The molecule has 5 heteroatoms. The van der Waals surface area contributed by atoms with E-state index in [4.69, 9.17) is 10.2 Å². The van der Waals surface area contributed by atoms with Gasteiger partial charge in [0, 0.05) is 6.42 Å². The zero-order valence-corrected chi connectivity index (χ0v) is 5.52. The number of hydrogen-bond acceptors (Lipinski definition) is 4. The van der Waals surface area contributed by atoms with Crippen LogP contribution in [0.5, 0.6) is 0 Å². The van der Waals surface area contributed by atoms with Crippen molar-refractivity contribution in [2.24, 2.45) is 0 Å². The number of hydrogen-bond donors (Lipinski definition) is 2. The number of nitrogens with zero attached hydrogens (tertiary/aromatic N) is 1. The molecule has 11 heavy (non-hydrogen) atoms. The second-order valence-electron chi connectivity index (χ2n) is 2.04. The summed E-state index contributed by atoms with van der Waals surface area (Å²) < 4.78 is 0. The summed E-state index contributed by atoms with van der Waals surface area (Å²) >= 11 is 0. The fraction of sp³-hybridized carbons (Fsp3) is 0.167. The van der Waals surface area contributed by atoms with Gasteiger partial charge in [-0.3, -0.25) is 10.1 Å². The van der Waals surface area contributed by atoms with E-state index < -0.39 is 16.4 Å². The second-order valence-corrected chi connectivity index (χ2v) is 2.04. The van der Waals surface area contributed by atoms with Crippen molar-refractivity contribution in [1.29, 1.82) is 0 Å². The van der Waals surface area contributed by atoms with Crippen LogP contribution in [0.4, 0.5) is 0 Å². The van der Waals surface area contributed by atoms with Crippen LogP contribution in [-0.2, 0) is 0 Å². The average Bonchev–Trinajstić information content (AvgIpc) is 1.94. The lowest BCUT2D eigenvalue weighted by Crippen LogP contribution is -2.08. The molecule has 0 saturated carbocycles. The molecule has 0 aromatic heterocycles. The Bertz CT molecular complexity index is 253. The standard InChI is InChI=1S/C6H6NO4/c8-5-3-1-2-4(6(5)9)7(10)11/h1,3,8-9H,2H2. The van der Waals surface area contributed by atoms with Crippen LogP contribution in [0.2, 0.25) is 0 Å². The Labute approximate surface area is 62.4 Å². The number of aliphatic hydroxyl groups excluding tert-OH is 2. The third-order valence-electron chi connectivity index (χ3n) is 1.32. The first-order valence-corrected chi connectivity index (χ1v) is 2.92. The molecule has 0 fully saturated rings. The Kier molecular flexibility index (Phi) is 1.80. The molecule has 0 amide bonds. The van der Waals surface area contributed by atoms with Crippen molar-refractivity contribution in [1.82, 2.24) is 0 Å². The fourth-order valence-electron chi connectivity index (χ4n) is 0.767. The SMILES string of the molecule is O=[N+]([O-])C1=C(O)C(O)=C[CH]C1. The molecule has 0 aliphatic heterocycles. The van der Waals surface area contributed by atoms with Crippen molar-refractivity contribution in [3.05, 3.63) is 39.8 Å². The molecule has 0 aromatic carbocycles. The molecule has 1 radical (unpaired) electrons. The van der Waals surface area contributed by atoms with Gasteiger partial charge >= 0.3 is 0 Å². The van der Waals surface area contributed by atoms with Gasteiger partial charge in [-0.2, -0.15) is 0 Å². The maximum atomic E-state index is 10.1. The smallest absolute Gasteiger partial charge is 0.291 e. The van der Waals surface area contributed by atoms with Crippen molar-refractivity contribution < 1.29 is 15.1 Å². The van der Waals surface area contributed by atoms with Crippen LogP contribution in [-0.4, -0.2) is 15.1 Å². The molecule has 0 saturated heterocycles. The summed E-state index contributed by atoms with van der Waals surface area (Å²) in [6.07, 6.45) is 2.68. The summed E-state index contributed by atoms with van der Waals surface area (Å²) in [6.45, 7) is 0. The lowest BCUT2D eigenvalue weighted by atomic mass is 10.1. The van der Waals surface area contributed by atoms with Crippen molar-refractivity contribution in [2.45, 2.75) is 6.42 Å². The van der Waals surface area contributed by atoms with Crippen molar-refractivity contribution in [3.63, 3.8) is 0 Å². The maximum Gasteiger partial charge on any atom is 0.291 e. The Morgan fingerprint density at radius 1 is 1.55 bits per heavy atom. The van der Waals surface area contributed by atoms with E-state index >= 15 is 0 Å². The van der Waals surface area contributed by atoms with Crippen molar-refractivity contribution in [2.75, 3.05) is 0 Å². The lowest BCUT2D eigenvalue weighted by molar-refractivity contribution is -0.430. The van der Waals surface area contributed by atoms with Gasteiger partial charge in [-0.15, -0.1) is 0 Å². The van der Waals surface area contributed by atoms with E-state index in [0.29, 0.717) is 0 Å². The van der Waals surface area contributed by atoms with E-state index in [0.717, 1.165) is 0 Å². The molecule has 0 heterocycles. The van der Waals surface area contributed by atoms with E-state index in [-0.39, 0.29) is 12.1 Å². The maximum absolute atomic E-state index is 10.1. The number of allylic oxidation sites excluding steroid dienone is 2. The van der Waals surface area contributed by atoms with E-state index in [1.165, 1.54) is 12.5 Å². The topological polar surface area (TPSA) is 83.6 Å². The van der Waals surface area contributed by atoms with Gasteiger partial charge in [-0.1, -0.05) is 0 Å². The predicted octanol–water partition coefficient (Wildman–Crippen LogP) is 1.08. The van der Waals surface area contributed by atoms with Crippen LogP contribution in [0.15, 0.2) is 23.3 Å².